The number of hydrogen-bond donors (Lipinski definition) is 0. The minimum Gasteiger partial charge on any atom is -0.493 e. The Labute approximate surface area is 440 Å². The summed E-state index contributed by atoms with van der Waals surface area (Å²) in [4.78, 5) is 52.8. The second-order valence-electron chi connectivity index (χ2n) is 18.1. The molecule has 0 bridgehead atoms. The summed E-state index contributed by atoms with van der Waals surface area (Å²) in [7, 11) is 0. The number of rotatable bonds is 28. The van der Waals surface area contributed by atoms with Crippen molar-refractivity contribution in [2.24, 2.45) is 11.8 Å². The van der Waals surface area contributed by atoms with E-state index in [-0.39, 0.29) is 38.4 Å². The Hall–Kier alpha value is -6.34. The third kappa shape index (κ3) is 18.3. The molecule has 0 aromatic heterocycles. The van der Waals surface area contributed by atoms with Gasteiger partial charge in [-0.2, -0.15) is 0 Å². The van der Waals surface area contributed by atoms with E-state index in [1.54, 1.807) is 23.5 Å². The molecule has 1 saturated carbocycles. The molecule has 0 saturated heterocycles. The maximum absolute atomic E-state index is 14.3. The lowest BCUT2D eigenvalue weighted by atomic mass is 9.78. The number of aryl methyl sites for hydroxylation is 2. The number of unbranched alkanes of at least 4 members (excludes halogenated alkanes) is 4. The molecule has 0 radical (unpaired) electrons. The van der Waals surface area contributed by atoms with Crippen LogP contribution in [0.4, 0.5) is 0 Å². The Morgan fingerprint density at radius 2 is 0.918 bits per heavy atom. The first-order chi connectivity index (χ1) is 35.7. The van der Waals surface area contributed by atoms with Gasteiger partial charge in [0.25, 0.3) is 0 Å². The van der Waals surface area contributed by atoms with Gasteiger partial charge >= 0.3 is 23.9 Å². The molecule has 1 heterocycles. The van der Waals surface area contributed by atoms with Gasteiger partial charge in [0.05, 0.1) is 55.7 Å². The van der Waals surface area contributed by atoms with Gasteiger partial charge in [-0.3, -0.25) is 9.59 Å². The lowest BCUT2D eigenvalue weighted by molar-refractivity contribution is -0.153. The fraction of sp³-hybridized carbons (Fsp3) is 0.410. The molecule has 6 rings (SSSR count). The number of benzene rings is 4. The van der Waals surface area contributed by atoms with Crippen molar-refractivity contribution in [2.45, 2.75) is 110 Å². The average molecular weight is 1030 g/mol. The fourth-order valence-corrected chi connectivity index (χ4v) is 11.5. The first kappa shape index (κ1) is 56.0. The normalized spacial score (nSPS) is 15.2. The summed E-state index contributed by atoms with van der Waals surface area (Å²) in [5.41, 5.74) is 7.81. The van der Waals surface area contributed by atoms with Gasteiger partial charge in [-0.1, -0.05) is 136 Å². The second-order valence-corrected chi connectivity index (χ2v) is 20.4. The molecule has 1 aliphatic heterocycles. The van der Waals surface area contributed by atoms with Crippen LogP contribution in [0.3, 0.4) is 0 Å². The van der Waals surface area contributed by atoms with Gasteiger partial charge in [-0.25, -0.2) is 9.59 Å². The number of terminal acetylenes is 2. The molecule has 2 atom stereocenters. The minimum absolute atomic E-state index is 0.182. The lowest BCUT2D eigenvalue weighted by Gasteiger charge is -2.30. The summed E-state index contributed by atoms with van der Waals surface area (Å²) in [6.07, 6.45) is 22.7. The predicted octanol–water partition coefficient (Wildman–Crippen LogP) is 12.5. The fourth-order valence-electron chi connectivity index (χ4n) is 8.53. The van der Waals surface area contributed by atoms with Crippen LogP contribution < -0.4 is 9.47 Å². The summed E-state index contributed by atoms with van der Waals surface area (Å²) in [6.45, 7) is 5.96. The molecule has 10 nitrogen and oxygen atoms in total. The van der Waals surface area contributed by atoms with Crippen molar-refractivity contribution in [1.82, 2.24) is 0 Å². The van der Waals surface area contributed by atoms with Crippen molar-refractivity contribution < 1.29 is 47.6 Å². The summed E-state index contributed by atoms with van der Waals surface area (Å²) >= 11 is 3.40. The largest absolute Gasteiger partial charge is 0.493 e. The molecule has 4 aromatic rings. The first-order valence-electron chi connectivity index (χ1n) is 25.7. The van der Waals surface area contributed by atoms with Gasteiger partial charge in [-0.15, -0.1) is 12.8 Å². The topological polar surface area (TPSA) is 124 Å². The zero-order valence-corrected chi connectivity index (χ0v) is 43.9. The van der Waals surface area contributed by atoms with E-state index < -0.39 is 23.8 Å². The van der Waals surface area contributed by atoms with Crippen LogP contribution in [0, 0.1) is 36.5 Å². The van der Waals surface area contributed by atoms with Crippen LogP contribution in [0.25, 0.3) is 9.81 Å². The van der Waals surface area contributed by atoms with Gasteiger partial charge < -0.3 is 28.4 Å². The third-order valence-electron chi connectivity index (χ3n) is 12.7. The zero-order valence-electron chi connectivity index (χ0n) is 42.3. The van der Waals surface area contributed by atoms with Crippen LogP contribution in [0.5, 0.6) is 11.5 Å². The zero-order chi connectivity index (χ0) is 51.6. The SMILES string of the molecule is C#CC(=O)OCCCOc1ccc(CCOC(=O)C2CCC(C(=O)OCCc3ccc(OCCCOC(=O)C#C)cc3)C(=C3SC(c4ccc(CCCCC)cc4)=C(c4ccc(CCCCC)cc4)S3)C2)cc1. The Balaban J connectivity index is 1.15. The van der Waals surface area contributed by atoms with E-state index >= 15 is 0 Å². The highest BCUT2D eigenvalue weighted by molar-refractivity contribution is 8.34. The molecule has 1 aliphatic carbocycles. The average Bonchev–Trinajstić information content (AvgIpc) is 3.87. The maximum Gasteiger partial charge on any atom is 0.384 e. The summed E-state index contributed by atoms with van der Waals surface area (Å²) in [6, 6.07) is 33.1. The van der Waals surface area contributed by atoms with Crippen LogP contribution in [0.15, 0.2) is 107 Å². The molecule has 4 aromatic carbocycles. The molecule has 0 N–H and O–H groups in total. The quantitative estimate of drug-likeness (QED) is 0.0177. The number of thioether (sulfide) groups is 2. The Bertz CT molecular complexity index is 2500. The standard InChI is InChI=1S/C61H68O10S2/c1-5-9-11-15-44-17-25-48(26-18-44)57-58(49-27-19-45(20-28-49)16-12-10-6-2)73-61(72-57)54-43-50(59(64)70-41-35-46-21-30-51(31-22-46)66-37-13-39-68-55(62)7-3)29-34-53(54)60(65)71-42-36-47-23-32-52(33-24-47)67-38-14-40-69-56(63)8-4/h3-4,17-28,30-33,50,53H,5-6,9-16,29,34-43H2,1-2H3. The van der Waals surface area contributed by atoms with E-state index in [4.69, 9.17) is 41.3 Å². The number of carbonyl (C=O) groups is 4. The molecule has 384 valence electrons. The van der Waals surface area contributed by atoms with E-state index in [0.29, 0.717) is 69.7 Å². The van der Waals surface area contributed by atoms with Crippen molar-refractivity contribution >= 4 is 57.2 Å². The highest BCUT2D eigenvalue weighted by Crippen LogP contribution is 2.60. The smallest absolute Gasteiger partial charge is 0.384 e. The number of hydrogen-bond acceptors (Lipinski definition) is 12. The molecule has 1 fully saturated rings. The van der Waals surface area contributed by atoms with Crippen LogP contribution in [-0.2, 0) is 63.8 Å². The number of carbonyl (C=O) groups excluding carboxylic acids is 4. The van der Waals surface area contributed by atoms with E-state index in [9.17, 15) is 19.2 Å². The minimum atomic E-state index is -0.691. The molecular weight excluding hydrogens is 957 g/mol. The molecule has 0 spiro atoms. The van der Waals surface area contributed by atoms with Gasteiger partial charge in [0, 0.05) is 47.3 Å². The van der Waals surface area contributed by atoms with Crippen molar-refractivity contribution in [3.8, 4) is 36.2 Å². The summed E-state index contributed by atoms with van der Waals surface area (Å²) in [5.74, 6) is 2.33. The maximum atomic E-state index is 14.3. The second kappa shape index (κ2) is 30.6. The van der Waals surface area contributed by atoms with Crippen LogP contribution in [0.1, 0.15) is 118 Å². The molecular formula is C61H68O10S2. The summed E-state index contributed by atoms with van der Waals surface area (Å²) in [5, 5.41) is 0. The van der Waals surface area contributed by atoms with Gasteiger partial charge in [-0.05, 0) is 108 Å². The van der Waals surface area contributed by atoms with Gasteiger partial charge in [0.2, 0.25) is 0 Å². The molecule has 2 aliphatic rings. The van der Waals surface area contributed by atoms with Crippen molar-refractivity contribution in [3.05, 3.63) is 140 Å². The van der Waals surface area contributed by atoms with E-state index in [2.05, 4.69) is 62.4 Å². The lowest BCUT2D eigenvalue weighted by Crippen LogP contribution is -2.31. The highest BCUT2D eigenvalue weighted by atomic mass is 32.2. The van der Waals surface area contributed by atoms with Crippen LogP contribution >= 0.6 is 23.5 Å². The Morgan fingerprint density at radius 3 is 1.36 bits per heavy atom. The Kier molecular flexibility index (Phi) is 23.5. The van der Waals surface area contributed by atoms with Crippen molar-refractivity contribution in [3.63, 3.8) is 0 Å². The third-order valence-corrected chi connectivity index (χ3v) is 15.5. The highest BCUT2D eigenvalue weighted by Gasteiger charge is 2.39. The molecule has 0 amide bonds. The van der Waals surface area contributed by atoms with E-state index in [1.165, 1.54) is 36.8 Å². The van der Waals surface area contributed by atoms with Gasteiger partial charge in [0.1, 0.15) is 11.5 Å². The molecule has 12 heteroatoms. The van der Waals surface area contributed by atoms with Crippen LogP contribution in [0.2, 0.25) is 0 Å². The number of esters is 4. The van der Waals surface area contributed by atoms with E-state index in [0.717, 1.165) is 67.6 Å². The monoisotopic (exact) mass is 1020 g/mol. The van der Waals surface area contributed by atoms with E-state index in [1.807, 2.05) is 60.4 Å². The van der Waals surface area contributed by atoms with Crippen molar-refractivity contribution in [2.75, 3.05) is 39.6 Å². The molecule has 2 unspecified atom stereocenters. The van der Waals surface area contributed by atoms with Crippen LogP contribution in [-0.4, -0.2) is 63.5 Å². The first-order valence-corrected chi connectivity index (χ1v) is 27.4. The summed E-state index contributed by atoms with van der Waals surface area (Å²) < 4.78 is 34.4. The number of ether oxygens (including phenoxy) is 6. The Morgan fingerprint density at radius 1 is 0.493 bits per heavy atom. The van der Waals surface area contributed by atoms with Gasteiger partial charge in [0.15, 0.2) is 0 Å². The van der Waals surface area contributed by atoms with Crippen molar-refractivity contribution in [1.29, 1.82) is 0 Å². The predicted molar refractivity (Wildman–Crippen MR) is 291 cm³/mol. The molecule has 73 heavy (non-hydrogen) atoms.